The highest BCUT2D eigenvalue weighted by Crippen LogP contribution is 2.21. The molecular formula is C26H28N2O3. The summed E-state index contributed by atoms with van der Waals surface area (Å²) in [5, 5.41) is 5.74. The Morgan fingerprint density at radius 1 is 0.806 bits per heavy atom. The predicted molar refractivity (Wildman–Crippen MR) is 125 cm³/mol. The highest BCUT2D eigenvalue weighted by atomic mass is 16.5. The summed E-state index contributed by atoms with van der Waals surface area (Å²) in [7, 11) is 0. The monoisotopic (exact) mass is 416 g/mol. The van der Waals surface area contributed by atoms with E-state index in [2.05, 4.69) is 22.8 Å². The second-order valence-electron chi connectivity index (χ2n) is 8.35. The first-order valence-corrected chi connectivity index (χ1v) is 10.3. The molecule has 5 heteroatoms. The van der Waals surface area contributed by atoms with Gasteiger partial charge in [0.05, 0.1) is 6.61 Å². The summed E-state index contributed by atoms with van der Waals surface area (Å²) >= 11 is 0. The van der Waals surface area contributed by atoms with E-state index in [1.807, 2.05) is 45.0 Å². The number of nitrogens with one attached hydrogen (secondary N) is 2. The lowest BCUT2D eigenvalue weighted by Gasteiger charge is -2.18. The third-order valence-corrected chi connectivity index (χ3v) is 4.66. The average molecular weight is 417 g/mol. The number of hydrogen-bond donors (Lipinski definition) is 2. The molecule has 0 heterocycles. The molecule has 0 atom stereocenters. The van der Waals surface area contributed by atoms with E-state index in [-0.39, 0.29) is 11.8 Å². The molecule has 2 amide bonds. The van der Waals surface area contributed by atoms with E-state index >= 15 is 0 Å². The maximum Gasteiger partial charge on any atom is 0.255 e. The largest absolute Gasteiger partial charge is 0.493 e. The molecule has 160 valence electrons. The summed E-state index contributed by atoms with van der Waals surface area (Å²) in [6, 6.07) is 24.3. The minimum Gasteiger partial charge on any atom is -0.493 e. The second-order valence-corrected chi connectivity index (χ2v) is 8.35. The van der Waals surface area contributed by atoms with Crippen LogP contribution in [-0.2, 0) is 11.2 Å². The Balaban J connectivity index is 1.60. The van der Waals surface area contributed by atoms with Gasteiger partial charge in [0.25, 0.3) is 5.91 Å². The van der Waals surface area contributed by atoms with Gasteiger partial charge in [0.1, 0.15) is 5.75 Å². The molecule has 2 N–H and O–H groups in total. The number of amides is 2. The third kappa shape index (κ3) is 6.71. The van der Waals surface area contributed by atoms with Crippen LogP contribution in [-0.4, -0.2) is 18.4 Å². The van der Waals surface area contributed by atoms with Crippen molar-refractivity contribution in [2.45, 2.75) is 27.2 Å². The maximum absolute atomic E-state index is 12.7. The lowest BCUT2D eigenvalue weighted by Crippen LogP contribution is -2.27. The van der Waals surface area contributed by atoms with Crippen molar-refractivity contribution >= 4 is 23.2 Å². The van der Waals surface area contributed by atoms with Gasteiger partial charge in [0.15, 0.2) is 0 Å². The fraction of sp³-hybridized carbons (Fsp3) is 0.231. The number of carbonyl (C=O) groups is 2. The number of hydrogen-bond acceptors (Lipinski definition) is 3. The fourth-order valence-electron chi connectivity index (χ4n) is 2.86. The molecule has 0 aliphatic heterocycles. The summed E-state index contributed by atoms with van der Waals surface area (Å²) in [5.74, 6) is 0.318. The maximum atomic E-state index is 12.7. The molecule has 3 aromatic rings. The first-order valence-electron chi connectivity index (χ1n) is 10.3. The Hall–Kier alpha value is -3.60. The highest BCUT2D eigenvalue weighted by molar-refractivity contribution is 6.05. The van der Waals surface area contributed by atoms with Gasteiger partial charge in [-0.2, -0.15) is 0 Å². The van der Waals surface area contributed by atoms with Crippen molar-refractivity contribution in [1.29, 1.82) is 0 Å². The molecule has 31 heavy (non-hydrogen) atoms. The van der Waals surface area contributed by atoms with Crippen LogP contribution in [0.4, 0.5) is 11.4 Å². The summed E-state index contributed by atoms with van der Waals surface area (Å²) in [5.41, 5.74) is 2.44. The molecule has 0 spiro atoms. The van der Waals surface area contributed by atoms with E-state index in [9.17, 15) is 9.59 Å². The van der Waals surface area contributed by atoms with Crippen LogP contribution in [0, 0.1) is 5.41 Å². The first kappa shape index (κ1) is 22.1. The van der Waals surface area contributed by atoms with E-state index < -0.39 is 5.41 Å². The Kier molecular flexibility index (Phi) is 7.08. The third-order valence-electron chi connectivity index (χ3n) is 4.66. The van der Waals surface area contributed by atoms with Crippen LogP contribution in [0.5, 0.6) is 5.75 Å². The van der Waals surface area contributed by atoms with E-state index in [1.54, 1.807) is 42.5 Å². The topological polar surface area (TPSA) is 67.4 Å². The first-order chi connectivity index (χ1) is 14.8. The lowest BCUT2D eigenvalue weighted by molar-refractivity contribution is -0.123. The highest BCUT2D eigenvalue weighted by Gasteiger charge is 2.21. The van der Waals surface area contributed by atoms with Crippen molar-refractivity contribution in [3.63, 3.8) is 0 Å². The van der Waals surface area contributed by atoms with Crippen molar-refractivity contribution in [1.82, 2.24) is 0 Å². The molecule has 0 aromatic heterocycles. The molecule has 5 nitrogen and oxygen atoms in total. The number of anilines is 2. The van der Waals surface area contributed by atoms with Gasteiger partial charge in [-0.05, 0) is 42.0 Å². The Morgan fingerprint density at radius 3 is 2.19 bits per heavy atom. The molecule has 3 aromatic carbocycles. The van der Waals surface area contributed by atoms with Gasteiger partial charge in [-0.15, -0.1) is 0 Å². The molecule has 0 fully saturated rings. The van der Waals surface area contributed by atoms with E-state index in [1.165, 1.54) is 5.56 Å². The Morgan fingerprint density at radius 2 is 1.48 bits per heavy atom. The molecule has 0 saturated heterocycles. The quantitative estimate of drug-likeness (QED) is 0.531. The number of benzene rings is 3. The van der Waals surface area contributed by atoms with E-state index in [0.29, 0.717) is 29.3 Å². The molecule has 0 aliphatic rings. The van der Waals surface area contributed by atoms with Crippen molar-refractivity contribution in [3.05, 3.63) is 90.0 Å². The standard InChI is InChI=1S/C26H28N2O3/c1-26(2,3)25(30)28-22-13-8-12-21(18-22)27-24(29)20-11-7-14-23(17-20)31-16-15-19-9-5-4-6-10-19/h4-14,17-18H,15-16H2,1-3H3,(H,27,29)(H,28,30). The summed E-state index contributed by atoms with van der Waals surface area (Å²) < 4.78 is 5.82. The fourth-order valence-corrected chi connectivity index (χ4v) is 2.86. The van der Waals surface area contributed by atoms with Crippen LogP contribution < -0.4 is 15.4 Å². The minimum atomic E-state index is -0.500. The minimum absolute atomic E-state index is 0.0867. The normalized spacial score (nSPS) is 10.9. The zero-order valence-electron chi connectivity index (χ0n) is 18.1. The number of ether oxygens (including phenoxy) is 1. The lowest BCUT2D eigenvalue weighted by atomic mass is 9.95. The molecule has 0 radical (unpaired) electrons. The van der Waals surface area contributed by atoms with Crippen LogP contribution in [0.15, 0.2) is 78.9 Å². The van der Waals surface area contributed by atoms with Gasteiger partial charge in [0, 0.05) is 28.8 Å². The van der Waals surface area contributed by atoms with Crippen LogP contribution in [0.3, 0.4) is 0 Å². The zero-order chi connectivity index (χ0) is 22.3. The van der Waals surface area contributed by atoms with Gasteiger partial charge in [0.2, 0.25) is 5.91 Å². The SMILES string of the molecule is CC(C)(C)C(=O)Nc1cccc(NC(=O)c2cccc(OCCc3ccccc3)c2)c1. The average Bonchev–Trinajstić information content (AvgIpc) is 2.74. The van der Waals surface area contributed by atoms with Gasteiger partial charge < -0.3 is 15.4 Å². The van der Waals surface area contributed by atoms with Gasteiger partial charge in [-0.25, -0.2) is 0 Å². The van der Waals surface area contributed by atoms with Gasteiger partial charge in [-0.1, -0.05) is 63.2 Å². The predicted octanol–water partition coefficient (Wildman–Crippen LogP) is 5.55. The van der Waals surface area contributed by atoms with Crippen molar-refractivity contribution in [3.8, 4) is 5.75 Å². The summed E-state index contributed by atoms with van der Waals surface area (Å²) in [6.45, 7) is 6.08. The van der Waals surface area contributed by atoms with Crippen molar-refractivity contribution in [2.75, 3.05) is 17.2 Å². The van der Waals surface area contributed by atoms with Crippen LogP contribution in [0.1, 0.15) is 36.7 Å². The molecule has 3 rings (SSSR count). The van der Waals surface area contributed by atoms with Crippen molar-refractivity contribution < 1.29 is 14.3 Å². The van der Waals surface area contributed by atoms with Gasteiger partial charge in [-0.3, -0.25) is 9.59 Å². The molecule has 0 unspecified atom stereocenters. The summed E-state index contributed by atoms with van der Waals surface area (Å²) in [4.78, 5) is 24.9. The van der Waals surface area contributed by atoms with E-state index in [4.69, 9.17) is 4.74 Å². The second kappa shape index (κ2) is 9.94. The van der Waals surface area contributed by atoms with Gasteiger partial charge >= 0.3 is 0 Å². The van der Waals surface area contributed by atoms with E-state index in [0.717, 1.165) is 6.42 Å². The molecule has 0 saturated carbocycles. The molecule has 0 aliphatic carbocycles. The number of carbonyl (C=O) groups excluding carboxylic acids is 2. The van der Waals surface area contributed by atoms with Crippen LogP contribution >= 0.6 is 0 Å². The van der Waals surface area contributed by atoms with Crippen molar-refractivity contribution in [2.24, 2.45) is 5.41 Å². The molecule has 0 bridgehead atoms. The Labute approximate surface area is 183 Å². The summed E-state index contributed by atoms with van der Waals surface area (Å²) in [6.07, 6.45) is 0.796. The zero-order valence-corrected chi connectivity index (χ0v) is 18.1. The molecular weight excluding hydrogens is 388 g/mol. The number of rotatable bonds is 7. The van der Waals surface area contributed by atoms with Crippen LogP contribution in [0.2, 0.25) is 0 Å². The smallest absolute Gasteiger partial charge is 0.255 e. The Bertz CT molecular complexity index is 1040. The van der Waals surface area contributed by atoms with Crippen LogP contribution in [0.25, 0.3) is 0 Å².